The van der Waals surface area contributed by atoms with Crippen molar-refractivity contribution < 1.29 is 5.11 Å². The highest BCUT2D eigenvalue weighted by atomic mass is 35.5. The Labute approximate surface area is 110 Å². The number of nitrogen functional groups attached to an aromatic ring is 1. The van der Waals surface area contributed by atoms with E-state index in [1.165, 1.54) is 6.07 Å². The third-order valence-electron chi connectivity index (χ3n) is 2.92. The van der Waals surface area contributed by atoms with Crippen LogP contribution in [0.15, 0.2) is 12.1 Å². The number of hydrogen-bond donors (Lipinski definition) is 2. The highest BCUT2D eigenvalue weighted by molar-refractivity contribution is 6.31. The quantitative estimate of drug-likeness (QED) is 0.830. The molecule has 0 bridgehead atoms. The largest absolute Gasteiger partial charge is 0.507 e. The van der Waals surface area contributed by atoms with Gasteiger partial charge in [-0.3, -0.25) is 0 Å². The van der Waals surface area contributed by atoms with Gasteiger partial charge in [0.2, 0.25) is 5.95 Å². The molecule has 0 radical (unpaired) electrons. The van der Waals surface area contributed by atoms with Crippen LogP contribution in [0.3, 0.4) is 0 Å². The van der Waals surface area contributed by atoms with Crippen LogP contribution in [-0.4, -0.2) is 15.1 Å². The average molecular weight is 264 g/mol. The molecule has 0 aliphatic heterocycles. The smallest absolute Gasteiger partial charge is 0.220 e. The standard InChI is InChI=1S/C13H14ClN3O/c1-6-4-9(14)5-10(18)11(6)12-7(2)8(3)16-13(15)17-12/h4-5,18H,1-3H3,(H2,15,16,17). The maximum absolute atomic E-state index is 10.0. The molecular weight excluding hydrogens is 250 g/mol. The van der Waals surface area contributed by atoms with Crippen molar-refractivity contribution in [2.45, 2.75) is 20.8 Å². The molecule has 0 unspecified atom stereocenters. The summed E-state index contributed by atoms with van der Waals surface area (Å²) < 4.78 is 0. The number of aromatic hydroxyl groups is 1. The SMILES string of the molecule is Cc1cc(Cl)cc(O)c1-c1nc(N)nc(C)c1C. The number of nitrogens with two attached hydrogens (primary N) is 1. The maximum Gasteiger partial charge on any atom is 0.220 e. The number of halogens is 1. The van der Waals surface area contributed by atoms with Crippen molar-refractivity contribution in [3.63, 3.8) is 0 Å². The summed E-state index contributed by atoms with van der Waals surface area (Å²) in [6, 6.07) is 3.28. The summed E-state index contributed by atoms with van der Waals surface area (Å²) >= 11 is 5.89. The zero-order valence-electron chi connectivity index (χ0n) is 10.5. The molecule has 0 saturated carbocycles. The lowest BCUT2D eigenvalue weighted by Crippen LogP contribution is -2.03. The lowest BCUT2D eigenvalue weighted by molar-refractivity contribution is 0.476. The number of phenols is 1. The van der Waals surface area contributed by atoms with Crippen molar-refractivity contribution in [3.05, 3.63) is 34.0 Å². The summed E-state index contributed by atoms with van der Waals surface area (Å²) in [6.45, 7) is 5.63. The van der Waals surface area contributed by atoms with Crippen molar-refractivity contribution in [2.75, 3.05) is 5.73 Å². The molecule has 0 atom stereocenters. The summed E-state index contributed by atoms with van der Waals surface area (Å²) in [5, 5.41) is 10.5. The second-order valence-electron chi connectivity index (χ2n) is 4.26. The first kappa shape index (κ1) is 12.6. The molecule has 1 heterocycles. The summed E-state index contributed by atoms with van der Waals surface area (Å²) in [4.78, 5) is 8.31. The van der Waals surface area contributed by atoms with Crippen LogP contribution < -0.4 is 5.73 Å². The third-order valence-corrected chi connectivity index (χ3v) is 3.14. The van der Waals surface area contributed by atoms with E-state index in [-0.39, 0.29) is 11.7 Å². The predicted molar refractivity (Wildman–Crippen MR) is 72.8 cm³/mol. The Bertz CT molecular complexity index is 603. The molecule has 3 N–H and O–H groups in total. The van der Waals surface area contributed by atoms with Gasteiger partial charge in [-0.25, -0.2) is 9.97 Å². The highest BCUT2D eigenvalue weighted by Crippen LogP contribution is 2.36. The molecule has 2 aromatic rings. The van der Waals surface area contributed by atoms with E-state index < -0.39 is 0 Å². The van der Waals surface area contributed by atoms with Gasteiger partial charge in [0.05, 0.1) is 5.69 Å². The van der Waals surface area contributed by atoms with E-state index in [1.807, 2.05) is 20.8 Å². The second kappa shape index (κ2) is 4.46. The normalized spacial score (nSPS) is 10.7. The molecule has 0 aliphatic carbocycles. The molecule has 5 heteroatoms. The number of hydrogen-bond acceptors (Lipinski definition) is 4. The van der Waals surface area contributed by atoms with Crippen LogP contribution in [0.25, 0.3) is 11.3 Å². The van der Waals surface area contributed by atoms with E-state index in [2.05, 4.69) is 9.97 Å². The molecule has 0 fully saturated rings. The van der Waals surface area contributed by atoms with Crippen molar-refractivity contribution in [2.24, 2.45) is 0 Å². The van der Waals surface area contributed by atoms with Gasteiger partial charge in [0.25, 0.3) is 0 Å². The van der Waals surface area contributed by atoms with Crippen molar-refractivity contribution in [1.82, 2.24) is 9.97 Å². The fourth-order valence-corrected chi connectivity index (χ4v) is 2.19. The van der Waals surface area contributed by atoms with Crippen molar-refractivity contribution in [1.29, 1.82) is 0 Å². The topological polar surface area (TPSA) is 72.0 Å². The maximum atomic E-state index is 10.0. The molecule has 4 nitrogen and oxygen atoms in total. The fourth-order valence-electron chi connectivity index (χ4n) is 1.93. The number of aromatic nitrogens is 2. The Morgan fingerprint density at radius 1 is 1.17 bits per heavy atom. The molecule has 2 rings (SSSR count). The van der Waals surface area contributed by atoms with E-state index in [9.17, 15) is 5.11 Å². The van der Waals surface area contributed by atoms with E-state index >= 15 is 0 Å². The summed E-state index contributed by atoms with van der Waals surface area (Å²) in [7, 11) is 0. The number of anilines is 1. The van der Waals surface area contributed by atoms with Gasteiger partial charge in [0.15, 0.2) is 0 Å². The van der Waals surface area contributed by atoms with Gasteiger partial charge in [-0.05, 0) is 44.0 Å². The Hall–Kier alpha value is -1.81. The third kappa shape index (κ3) is 2.11. The second-order valence-corrected chi connectivity index (χ2v) is 4.69. The minimum absolute atomic E-state index is 0.0978. The van der Waals surface area contributed by atoms with E-state index in [0.717, 1.165) is 16.8 Å². The van der Waals surface area contributed by atoms with Crippen LogP contribution in [-0.2, 0) is 0 Å². The van der Waals surface area contributed by atoms with Gasteiger partial charge in [0.1, 0.15) is 5.75 Å². The Balaban J connectivity index is 2.77. The van der Waals surface area contributed by atoms with Crippen molar-refractivity contribution in [3.8, 4) is 17.0 Å². The van der Waals surface area contributed by atoms with E-state index in [1.54, 1.807) is 6.07 Å². The number of phenolic OH excluding ortho intramolecular Hbond substituents is 1. The zero-order valence-corrected chi connectivity index (χ0v) is 11.2. The summed E-state index contributed by atoms with van der Waals surface area (Å²) in [5.41, 5.74) is 9.50. The summed E-state index contributed by atoms with van der Waals surface area (Å²) in [5.74, 6) is 0.294. The molecule has 1 aromatic heterocycles. The van der Waals surface area contributed by atoms with Crippen LogP contribution >= 0.6 is 11.6 Å². The van der Waals surface area contributed by atoms with Gasteiger partial charge in [-0.2, -0.15) is 0 Å². The number of rotatable bonds is 1. The van der Waals surface area contributed by atoms with E-state index in [4.69, 9.17) is 17.3 Å². The monoisotopic (exact) mass is 263 g/mol. The first-order chi connectivity index (χ1) is 8.40. The zero-order chi connectivity index (χ0) is 13.4. The first-order valence-electron chi connectivity index (χ1n) is 5.50. The van der Waals surface area contributed by atoms with Crippen LogP contribution in [0.1, 0.15) is 16.8 Å². The molecule has 1 aromatic carbocycles. The molecule has 94 valence electrons. The Kier molecular flexibility index (Phi) is 3.13. The van der Waals surface area contributed by atoms with Crippen molar-refractivity contribution >= 4 is 17.5 Å². The number of aryl methyl sites for hydroxylation is 2. The lowest BCUT2D eigenvalue weighted by atomic mass is 10.00. The van der Waals surface area contributed by atoms with Gasteiger partial charge >= 0.3 is 0 Å². The van der Waals surface area contributed by atoms with E-state index in [0.29, 0.717) is 16.3 Å². The summed E-state index contributed by atoms with van der Waals surface area (Å²) in [6.07, 6.45) is 0. The number of benzene rings is 1. The molecule has 0 aliphatic rings. The van der Waals surface area contributed by atoms with Gasteiger partial charge in [-0.1, -0.05) is 11.6 Å². The Morgan fingerprint density at radius 2 is 1.83 bits per heavy atom. The van der Waals surface area contributed by atoms with Crippen LogP contribution in [0.2, 0.25) is 5.02 Å². The Morgan fingerprint density at radius 3 is 2.44 bits per heavy atom. The molecule has 0 saturated heterocycles. The molecular formula is C13H14ClN3O. The van der Waals surface area contributed by atoms with Crippen LogP contribution in [0, 0.1) is 20.8 Å². The van der Waals surface area contributed by atoms with Crippen LogP contribution in [0.4, 0.5) is 5.95 Å². The first-order valence-corrected chi connectivity index (χ1v) is 5.88. The lowest BCUT2D eigenvalue weighted by Gasteiger charge is -2.13. The van der Waals surface area contributed by atoms with Crippen LogP contribution in [0.5, 0.6) is 5.75 Å². The van der Waals surface area contributed by atoms with Gasteiger partial charge in [0, 0.05) is 16.3 Å². The number of nitrogens with zero attached hydrogens (tertiary/aromatic N) is 2. The highest BCUT2D eigenvalue weighted by Gasteiger charge is 2.15. The molecule has 18 heavy (non-hydrogen) atoms. The molecule has 0 spiro atoms. The van der Waals surface area contributed by atoms with Gasteiger partial charge < -0.3 is 10.8 Å². The predicted octanol–water partition coefficient (Wildman–Crippen LogP) is 3.01. The van der Waals surface area contributed by atoms with Gasteiger partial charge in [-0.15, -0.1) is 0 Å². The minimum Gasteiger partial charge on any atom is -0.507 e. The minimum atomic E-state index is 0.0978. The fraction of sp³-hybridized carbons (Fsp3) is 0.231. The molecule has 0 amide bonds. The average Bonchev–Trinajstić information content (AvgIpc) is 2.23.